The summed E-state index contributed by atoms with van der Waals surface area (Å²) in [5.41, 5.74) is 3.13. The van der Waals surface area contributed by atoms with Crippen molar-refractivity contribution in [3.8, 4) is 0 Å². The van der Waals surface area contributed by atoms with Crippen molar-refractivity contribution in [1.82, 2.24) is 9.80 Å². The molecule has 3 rings (SSSR count). The first-order chi connectivity index (χ1) is 13.8. The number of aryl methyl sites for hydroxylation is 2. The largest absolute Gasteiger partial charge is 0.489 e. The van der Waals surface area contributed by atoms with Crippen LogP contribution in [0.3, 0.4) is 0 Å². The number of amides is 2. The van der Waals surface area contributed by atoms with Gasteiger partial charge in [0.2, 0.25) is 0 Å². The lowest BCUT2D eigenvalue weighted by Crippen LogP contribution is -2.50. The van der Waals surface area contributed by atoms with Crippen molar-refractivity contribution in [3.05, 3.63) is 64.2 Å². The Morgan fingerprint density at radius 2 is 1.38 bits per heavy atom. The van der Waals surface area contributed by atoms with Crippen molar-refractivity contribution in [2.45, 2.75) is 13.8 Å². The summed E-state index contributed by atoms with van der Waals surface area (Å²) < 4.78 is 0. The zero-order chi connectivity index (χ0) is 21.1. The first kappa shape index (κ1) is 20.8. The van der Waals surface area contributed by atoms with Crippen molar-refractivity contribution >= 4 is 30.7 Å². The van der Waals surface area contributed by atoms with Gasteiger partial charge in [-0.25, -0.2) is 0 Å². The van der Waals surface area contributed by atoms with Crippen LogP contribution in [0.5, 0.6) is 0 Å². The maximum absolute atomic E-state index is 12.8. The Morgan fingerprint density at radius 1 is 0.862 bits per heavy atom. The van der Waals surface area contributed by atoms with E-state index >= 15 is 0 Å². The zero-order valence-electron chi connectivity index (χ0n) is 16.5. The normalized spacial score (nSPS) is 13.9. The van der Waals surface area contributed by atoms with Gasteiger partial charge in [-0.1, -0.05) is 23.3 Å². The van der Waals surface area contributed by atoms with Gasteiger partial charge in [-0.15, -0.1) is 0 Å². The van der Waals surface area contributed by atoms with E-state index in [1.54, 1.807) is 9.80 Å². The predicted octanol–water partition coefficient (Wildman–Crippen LogP) is 0.394. The molecule has 29 heavy (non-hydrogen) atoms. The molecule has 0 aliphatic carbocycles. The summed E-state index contributed by atoms with van der Waals surface area (Å²) in [6.07, 6.45) is 0.492. The molecule has 0 bridgehead atoms. The summed E-state index contributed by atoms with van der Waals surface area (Å²) in [4.78, 5) is 40.1. The summed E-state index contributed by atoms with van der Waals surface area (Å²) in [5, 5.41) is 18.6. The lowest BCUT2D eigenvalue weighted by molar-refractivity contribution is 0.0535. The van der Waals surface area contributed by atoms with E-state index in [9.17, 15) is 24.4 Å². The molecular weight excluding hydrogens is 371 g/mol. The van der Waals surface area contributed by atoms with Crippen molar-refractivity contribution in [2.24, 2.45) is 0 Å². The molecule has 2 aromatic carbocycles. The Labute approximate surface area is 169 Å². The van der Waals surface area contributed by atoms with E-state index in [2.05, 4.69) is 0 Å². The minimum atomic E-state index is -1.78. The molecule has 0 aromatic heterocycles. The molecule has 8 heteroatoms. The van der Waals surface area contributed by atoms with Crippen molar-refractivity contribution in [3.63, 3.8) is 0 Å². The van der Waals surface area contributed by atoms with Crippen LogP contribution in [0.15, 0.2) is 36.4 Å². The van der Waals surface area contributed by atoms with Gasteiger partial charge in [0.05, 0.1) is 0 Å². The second-order valence-electron chi connectivity index (χ2n) is 7.30. The highest BCUT2D eigenvalue weighted by Crippen LogP contribution is 2.15. The molecule has 0 unspecified atom stereocenters. The summed E-state index contributed by atoms with van der Waals surface area (Å²) in [5.74, 6) is -0.306. The van der Waals surface area contributed by atoms with Gasteiger partial charge in [0.15, 0.2) is 0 Å². The Bertz CT molecular complexity index is 932. The Balaban J connectivity index is 1.68. The summed E-state index contributed by atoms with van der Waals surface area (Å²) in [6.45, 7) is 5.52. The van der Waals surface area contributed by atoms with Crippen molar-refractivity contribution in [2.75, 3.05) is 26.2 Å². The first-order valence-electron chi connectivity index (χ1n) is 9.42. The highest BCUT2D eigenvalue weighted by Gasteiger charge is 2.26. The zero-order valence-corrected chi connectivity index (χ0v) is 16.5. The molecule has 150 valence electrons. The van der Waals surface area contributed by atoms with Crippen LogP contribution in [0, 0.1) is 13.8 Å². The van der Waals surface area contributed by atoms with Crippen LogP contribution >= 0.6 is 0 Å². The van der Waals surface area contributed by atoms with Crippen molar-refractivity contribution < 1.29 is 24.4 Å². The molecule has 2 aromatic rings. The van der Waals surface area contributed by atoms with E-state index in [1.807, 2.05) is 32.0 Å². The number of aldehydes is 1. The smallest absolute Gasteiger partial charge is 0.423 e. The number of rotatable bonds is 4. The van der Waals surface area contributed by atoms with Crippen LogP contribution in [-0.2, 0) is 0 Å². The fourth-order valence-electron chi connectivity index (χ4n) is 3.62. The number of benzene rings is 2. The SMILES string of the molecule is Cc1cc(C)cc(C(=O)N2CCN(C(=O)c3ccc(B(O)O)c(C=O)c3)CC2)c1. The summed E-state index contributed by atoms with van der Waals surface area (Å²) >= 11 is 0. The molecule has 1 fully saturated rings. The van der Waals surface area contributed by atoms with Crippen LogP contribution in [0.4, 0.5) is 0 Å². The standard InChI is InChI=1S/C21H23BN2O5/c1-14-9-15(2)11-17(10-14)21(27)24-7-5-23(6-8-24)20(26)16-3-4-19(22(28)29)18(12-16)13-25/h3-4,9-13,28-29H,5-8H2,1-2H3. The van der Waals surface area contributed by atoms with Crippen LogP contribution in [0.25, 0.3) is 0 Å². The number of piperazine rings is 1. The number of hydrogen-bond donors (Lipinski definition) is 2. The molecule has 0 radical (unpaired) electrons. The van der Waals surface area contributed by atoms with Gasteiger partial charge >= 0.3 is 7.12 Å². The minimum absolute atomic E-state index is 0.0478. The van der Waals surface area contributed by atoms with E-state index < -0.39 is 7.12 Å². The minimum Gasteiger partial charge on any atom is -0.423 e. The molecule has 1 aliphatic rings. The van der Waals surface area contributed by atoms with Gasteiger partial charge < -0.3 is 19.8 Å². The topological polar surface area (TPSA) is 98.2 Å². The maximum Gasteiger partial charge on any atom is 0.489 e. The van der Waals surface area contributed by atoms with Gasteiger partial charge in [-0.05, 0) is 43.6 Å². The van der Waals surface area contributed by atoms with Gasteiger partial charge in [-0.2, -0.15) is 0 Å². The average molecular weight is 394 g/mol. The van der Waals surface area contributed by atoms with Crippen LogP contribution in [0.2, 0.25) is 0 Å². The first-order valence-corrected chi connectivity index (χ1v) is 9.42. The maximum atomic E-state index is 12.8. The third-order valence-electron chi connectivity index (χ3n) is 5.06. The fraction of sp³-hybridized carbons (Fsp3) is 0.286. The lowest BCUT2D eigenvalue weighted by atomic mass is 9.77. The monoisotopic (exact) mass is 394 g/mol. The molecule has 2 amide bonds. The quantitative estimate of drug-likeness (QED) is 0.578. The van der Waals surface area contributed by atoms with E-state index in [0.29, 0.717) is 43.6 Å². The number of carbonyl (C=O) groups is 3. The molecule has 2 N–H and O–H groups in total. The fourth-order valence-corrected chi connectivity index (χ4v) is 3.62. The van der Waals surface area contributed by atoms with E-state index in [-0.39, 0.29) is 22.8 Å². The van der Waals surface area contributed by atoms with Gasteiger partial charge in [0.25, 0.3) is 11.8 Å². The van der Waals surface area contributed by atoms with E-state index in [0.717, 1.165) is 11.1 Å². The Hall–Kier alpha value is -2.97. The van der Waals surface area contributed by atoms with Crippen LogP contribution in [-0.4, -0.2) is 71.2 Å². The summed E-state index contributed by atoms with van der Waals surface area (Å²) in [6, 6.07) is 9.94. The van der Waals surface area contributed by atoms with Crippen LogP contribution < -0.4 is 5.46 Å². The van der Waals surface area contributed by atoms with E-state index in [4.69, 9.17) is 0 Å². The Morgan fingerprint density at radius 3 is 1.86 bits per heavy atom. The third-order valence-corrected chi connectivity index (χ3v) is 5.06. The highest BCUT2D eigenvalue weighted by molar-refractivity contribution is 6.60. The van der Waals surface area contributed by atoms with Gasteiger partial charge in [0.1, 0.15) is 6.29 Å². The molecule has 0 spiro atoms. The van der Waals surface area contributed by atoms with Gasteiger partial charge in [0, 0.05) is 42.9 Å². The average Bonchev–Trinajstić information content (AvgIpc) is 2.71. The predicted molar refractivity (Wildman–Crippen MR) is 109 cm³/mol. The second-order valence-corrected chi connectivity index (χ2v) is 7.30. The highest BCUT2D eigenvalue weighted by atomic mass is 16.4. The third kappa shape index (κ3) is 4.55. The molecule has 0 saturated carbocycles. The summed E-state index contributed by atoms with van der Waals surface area (Å²) in [7, 11) is -1.78. The molecule has 1 aliphatic heterocycles. The molecular formula is C21H23BN2O5. The molecule has 7 nitrogen and oxygen atoms in total. The molecule has 1 heterocycles. The second kappa shape index (κ2) is 8.59. The van der Waals surface area contributed by atoms with Crippen LogP contribution in [0.1, 0.15) is 42.2 Å². The number of hydrogen-bond acceptors (Lipinski definition) is 5. The number of carbonyl (C=O) groups excluding carboxylic acids is 3. The Kier molecular flexibility index (Phi) is 6.15. The van der Waals surface area contributed by atoms with Gasteiger partial charge in [-0.3, -0.25) is 14.4 Å². The lowest BCUT2D eigenvalue weighted by Gasteiger charge is -2.35. The van der Waals surface area contributed by atoms with E-state index in [1.165, 1.54) is 18.2 Å². The molecule has 1 saturated heterocycles. The molecule has 0 atom stereocenters. The van der Waals surface area contributed by atoms with Crippen molar-refractivity contribution in [1.29, 1.82) is 0 Å². The number of nitrogens with zero attached hydrogens (tertiary/aromatic N) is 2.